The lowest BCUT2D eigenvalue weighted by Gasteiger charge is -2.32. The van der Waals surface area contributed by atoms with Crippen LogP contribution < -0.4 is 16.0 Å². The van der Waals surface area contributed by atoms with Crippen LogP contribution in [-0.2, 0) is 11.2 Å². The molecule has 1 fully saturated rings. The number of piperidine rings is 1. The summed E-state index contributed by atoms with van der Waals surface area (Å²) in [6.45, 7) is 8.56. The maximum Gasteiger partial charge on any atom is 0.234 e. The summed E-state index contributed by atoms with van der Waals surface area (Å²) >= 11 is 0. The molecule has 0 saturated carbocycles. The zero-order valence-corrected chi connectivity index (χ0v) is 18.5. The summed E-state index contributed by atoms with van der Waals surface area (Å²) in [7, 11) is 0. The summed E-state index contributed by atoms with van der Waals surface area (Å²) in [6.07, 6.45) is 5.21. The minimum Gasteiger partial charge on any atom is -0.461 e. The number of aromatic amines is 1. The first-order valence-electron chi connectivity index (χ1n) is 11.2. The molecule has 0 spiro atoms. The highest BCUT2D eigenvalue weighted by Crippen LogP contribution is 2.14. The summed E-state index contributed by atoms with van der Waals surface area (Å²) in [4.78, 5) is 23.3. The Bertz CT molecular complexity index is 809. The predicted molar refractivity (Wildman–Crippen MR) is 120 cm³/mol. The number of nitrogens with zero attached hydrogens (tertiary/aromatic N) is 4. The van der Waals surface area contributed by atoms with Gasteiger partial charge >= 0.3 is 0 Å². The van der Waals surface area contributed by atoms with Crippen LogP contribution in [0.1, 0.15) is 38.9 Å². The molecule has 4 N–H and O–H groups in total. The van der Waals surface area contributed by atoms with Crippen LogP contribution in [-0.4, -0.2) is 77.3 Å². The van der Waals surface area contributed by atoms with Crippen LogP contribution in [0.25, 0.3) is 11.6 Å². The van der Waals surface area contributed by atoms with Crippen molar-refractivity contribution >= 4 is 11.9 Å². The molecule has 10 heteroatoms. The van der Waals surface area contributed by atoms with Crippen LogP contribution in [0.5, 0.6) is 0 Å². The van der Waals surface area contributed by atoms with E-state index in [-0.39, 0.29) is 5.91 Å². The van der Waals surface area contributed by atoms with Gasteiger partial charge in [-0.05, 0) is 38.3 Å². The maximum atomic E-state index is 11.9. The molecule has 2 aromatic heterocycles. The van der Waals surface area contributed by atoms with E-state index >= 15 is 0 Å². The van der Waals surface area contributed by atoms with Gasteiger partial charge in [-0.15, -0.1) is 0 Å². The first-order chi connectivity index (χ1) is 15.2. The van der Waals surface area contributed by atoms with E-state index in [0.717, 1.165) is 57.2 Å². The lowest BCUT2D eigenvalue weighted by atomic mass is 10.1. The van der Waals surface area contributed by atoms with Crippen molar-refractivity contribution in [2.75, 3.05) is 39.3 Å². The lowest BCUT2D eigenvalue weighted by molar-refractivity contribution is -0.122. The number of nitrogens with one attached hydrogen (secondary N) is 4. The van der Waals surface area contributed by atoms with Crippen LogP contribution in [0, 0.1) is 0 Å². The summed E-state index contributed by atoms with van der Waals surface area (Å²) in [5.74, 6) is 2.91. The number of likely N-dealkylation sites (tertiary alicyclic amines) is 1. The summed E-state index contributed by atoms with van der Waals surface area (Å²) in [5, 5.41) is 16.9. The molecular weight excluding hydrogens is 396 g/mol. The van der Waals surface area contributed by atoms with E-state index in [4.69, 9.17) is 4.42 Å². The van der Waals surface area contributed by atoms with E-state index in [9.17, 15) is 4.79 Å². The van der Waals surface area contributed by atoms with Crippen molar-refractivity contribution < 1.29 is 9.21 Å². The second-order valence-corrected chi connectivity index (χ2v) is 7.64. The molecule has 1 aliphatic heterocycles. The number of furan rings is 1. The molecule has 0 aromatic carbocycles. The van der Waals surface area contributed by atoms with Gasteiger partial charge in [-0.2, -0.15) is 5.10 Å². The van der Waals surface area contributed by atoms with Gasteiger partial charge in [0.1, 0.15) is 5.82 Å². The Balaban J connectivity index is 1.42. The van der Waals surface area contributed by atoms with Gasteiger partial charge in [0.05, 0.1) is 12.8 Å². The molecular formula is C21H34N8O2. The Hall–Kier alpha value is -2.88. The minimum atomic E-state index is 0.116. The topological polar surface area (TPSA) is 123 Å². The Morgan fingerprint density at radius 3 is 2.87 bits per heavy atom. The van der Waals surface area contributed by atoms with E-state index in [1.807, 2.05) is 12.1 Å². The molecule has 170 valence electrons. The van der Waals surface area contributed by atoms with Crippen LogP contribution in [0.15, 0.2) is 27.8 Å². The van der Waals surface area contributed by atoms with E-state index in [1.165, 1.54) is 0 Å². The van der Waals surface area contributed by atoms with Crippen LogP contribution in [0.3, 0.4) is 0 Å². The van der Waals surface area contributed by atoms with Gasteiger partial charge in [-0.25, -0.2) is 4.98 Å². The van der Waals surface area contributed by atoms with Gasteiger partial charge in [0, 0.05) is 45.2 Å². The zero-order valence-electron chi connectivity index (χ0n) is 18.5. The van der Waals surface area contributed by atoms with Crippen LogP contribution in [0.4, 0.5) is 0 Å². The van der Waals surface area contributed by atoms with Crippen molar-refractivity contribution in [3.8, 4) is 11.6 Å². The molecule has 0 atom stereocenters. The SMILES string of the molecule is CCCNC(=O)CN1CCC(NC(=NCCc2nc(-c3ccco3)n[nH]2)NCC)CC1. The monoisotopic (exact) mass is 430 g/mol. The number of carbonyl (C=O) groups excluding carboxylic acids is 1. The number of aliphatic imine (C=N–C) groups is 1. The third-order valence-corrected chi connectivity index (χ3v) is 5.10. The van der Waals surface area contributed by atoms with Gasteiger partial charge in [0.15, 0.2) is 11.7 Å². The number of aromatic nitrogens is 3. The molecule has 3 heterocycles. The number of amides is 1. The molecule has 1 saturated heterocycles. The summed E-state index contributed by atoms with van der Waals surface area (Å²) in [6, 6.07) is 4.00. The maximum absolute atomic E-state index is 11.9. The van der Waals surface area contributed by atoms with Gasteiger partial charge in [-0.1, -0.05) is 6.92 Å². The lowest BCUT2D eigenvalue weighted by Crippen LogP contribution is -2.50. The van der Waals surface area contributed by atoms with E-state index in [2.05, 4.69) is 54.9 Å². The molecule has 1 aliphatic rings. The number of carbonyl (C=O) groups is 1. The Kier molecular flexibility index (Phi) is 8.89. The Morgan fingerprint density at radius 2 is 2.16 bits per heavy atom. The first kappa shape index (κ1) is 22.8. The normalized spacial score (nSPS) is 15.7. The van der Waals surface area contributed by atoms with Crippen LogP contribution in [0.2, 0.25) is 0 Å². The summed E-state index contributed by atoms with van der Waals surface area (Å²) < 4.78 is 5.32. The van der Waals surface area contributed by atoms with Crippen molar-refractivity contribution in [1.29, 1.82) is 0 Å². The second-order valence-electron chi connectivity index (χ2n) is 7.64. The molecule has 0 aliphatic carbocycles. The van der Waals surface area contributed by atoms with Crippen molar-refractivity contribution in [2.24, 2.45) is 4.99 Å². The predicted octanol–water partition coefficient (Wildman–Crippen LogP) is 1.15. The van der Waals surface area contributed by atoms with E-state index in [1.54, 1.807) is 6.26 Å². The van der Waals surface area contributed by atoms with Gasteiger partial charge in [-0.3, -0.25) is 19.8 Å². The fraction of sp³-hybridized carbons (Fsp3) is 0.619. The molecule has 0 unspecified atom stereocenters. The summed E-state index contributed by atoms with van der Waals surface area (Å²) in [5.41, 5.74) is 0. The van der Waals surface area contributed by atoms with Gasteiger partial charge in [0.25, 0.3) is 0 Å². The molecule has 10 nitrogen and oxygen atoms in total. The molecule has 1 amide bonds. The number of hydrogen-bond donors (Lipinski definition) is 4. The first-order valence-corrected chi connectivity index (χ1v) is 11.2. The second kappa shape index (κ2) is 12.1. The van der Waals surface area contributed by atoms with Crippen molar-refractivity contribution in [2.45, 2.75) is 45.6 Å². The highest BCUT2D eigenvalue weighted by atomic mass is 16.3. The number of H-pyrrole nitrogens is 1. The molecule has 3 rings (SSSR count). The highest BCUT2D eigenvalue weighted by molar-refractivity contribution is 5.80. The highest BCUT2D eigenvalue weighted by Gasteiger charge is 2.21. The smallest absolute Gasteiger partial charge is 0.234 e. The number of guanidine groups is 1. The molecule has 2 aromatic rings. The van der Waals surface area contributed by atoms with Crippen molar-refractivity contribution in [3.05, 3.63) is 24.2 Å². The zero-order chi connectivity index (χ0) is 21.9. The minimum absolute atomic E-state index is 0.116. The Labute approximate surface area is 183 Å². The van der Waals surface area contributed by atoms with E-state index in [0.29, 0.717) is 37.1 Å². The van der Waals surface area contributed by atoms with Crippen LogP contribution >= 0.6 is 0 Å². The average Bonchev–Trinajstić information content (AvgIpc) is 3.46. The van der Waals surface area contributed by atoms with Gasteiger partial charge < -0.3 is 20.4 Å². The number of hydrogen-bond acceptors (Lipinski definition) is 6. The fourth-order valence-electron chi connectivity index (χ4n) is 3.47. The molecule has 0 bridgehead atoms. The van der Waals surface area contributed by atoms with Crippen molar-refractivity contribution in [1.82, 2.24) is 36.0 Å². The Morgan fingerprint density at radius 1 is 1.32 bits per heavy atom. The van der Waals surface area contributed by atoms with Gasteiger partial charge in [0.2, 0.25) is 11.7 Å². The quantitative estimate of drug-likeness (QED) is 0.329. The third kappa shape index (κ3) is 7.39. The molecule has 31 heavy (non-hydrogen) atoms. The fourth-order valence-corrected chi connectivity index (χ4v) is 3.47. The van der Waals surface area contributed by atoms with E-state index < -0.39 is 0 Å². The third-order valence-electron chi connectivity index (χ3n) is 5.10. The van der Waals surface area contributed by atoms with Crippen molar-refractivity contribution in [3.63, 3.8) is 0 Å². The number of rotatable bonds is 10. The largest absolute Gasteiger partial charge is 0.461 e. The molecule has 0 radical (unpaired) electrons. The average molecular weight is 431 g/mol. The standard InChI is InChI=1S/C21H34N8O2/c1-3-10-23-19(30)15-29-12-8-16(9-13-29)25-21(22-4-2)24-11-7-18-26-20(28-27-18)17-6-5-14-31-17/h5-6,14,16H,3-4,7-13,15H2,1-2H3,(H,23,30)(H2,22,24,25)(H,26,27,28).